The monoisotopic (exact) mass is 266 g/mol. The molecule has 2 rings (SSSR count). The molecule has 1 atom stereocenters. The molecule has 19 heavy (non-hydrogen) atoms. The Balaban J connectivity index is 1.71. The van der Waals surface area contributed by atoms with Gasteiger partial charge in [0.05, 0.1) is 6.10 Å². The van der Waals surface area contributed by atoms with E-state index in [2.05, 4.69) is 4.90 Å². The molecule has 0 saturated carbocycles. The predicted octanol–water partition coefficient (Wildman–Crippen LogP) is 0.465. The van der Waals surface area contributed by atoms with Crippen LogP contribution in [0, 0.1) is 0 Å². The summed E-state index contributed by atoms with van der Waals surface area (Å²) in [7, 11) is 0. The fraction of sp³-hybridized carbons (Fsp3) is 0.571. The Labute approximate surface area is 113 Å². The zero-order valence-electron chi connectivity index (χ0n) is 11.0. The van der Waals surface area contributed by atoms with Crippen LogP contribution in [0.1, 0.15) is 12.8 Å². The SMILES string of the molecule is Nc1cccc(OCC(O)CN2CCC(O)CC2)c1. The van der Waals surface area contributed by atoms with Gasteiger partial charge in [0.2, 0.25) is 0 Å². The van der Waals surface area contributed by atoms with Gasteiger partial charge in [-0.3, -0.25) is 0 Å². The number of hydrogen-bond donors (Lipinski definition) is 3. The number of nitrogens with two attached hydrogens (primary N) is 1. The molecule has 0 spiro atoms. The van der Waals surface area contributed by atoms with Gasteiger partial charge in [0, 0.05) is 31.4 Å². The van der Waals surface area contributed by atoms with E-state index in [4.69, 9.17) is 10.5 Å². The second kappa shape index (κ2) is 6.75. The van der Waals surface area contributed by atoms with Crippen LogP contribution in [-0.4, -0.2) is 53.6 Å². The van der Waals surface area contributed by atoms with Gasteiger partial charge in [0.15, 0.2) is 0 Å². The lowest BCUT2D eigenvalue weighted by Gasteiger charge is -2.30. The first-order valence-electron chi connectivity index (χ1n) is 6.70. The molecule has 0 radical (unpaired) electrons. The molecular weight excluding hydrogens is 244 g/mol. The zero-order valence-corrected chi connectivity index (χ0v) is 11.0. The number of benzene rings is 1. The summed E-state index contributed by atoms with van der Waals surface area (Å²) in [5.74, 6) is 0.674. The number of β-amino-alcohol motifs (C(OH)–C–C–N with tert-alkyl or cyclic N) is 1. The summed E-state index contributed by atoms with van der Waals surface area (Å²) in [4.78, 5) is 2.15. The molecule has 5 nitrogen and oxygen atoms in total. The van der Waals surface area contributed by atoms with Crippen LogP contribution in [0.5, 0.6) is 5.75 Å². The molecule has 1 heterocycles. The molecule has 1 aromatic carbocycles. The third-order valence-electron chi connectivity index (χ3n) is 3.33. The van der Waals surface area contributed by atoms with Gasteiger partial charge in [-0.15, -0.1) is 0 Å². The minimum Gasteiger partial charge on any atom is -0.491 e. The van der Waals surface area contributed by atoms with Crippen LogP contribution in [-0.2, 0) is 0 Å². The Bertz CT molecular complexity index is 392. The van der Waals surface area contributed by atoms with Crippen LogP contribution in [0.2, 0.25) is 0 Å². The van der Waals surface area contributed by atoms with E-state index in [9.17, 15) is 10.2 Å². The average molecular weight is 266 g/mol. The summed E-state index contributed by atoms with van der Waals surface area (Å²) < 4.78 is 5.51. The highest BCUT2D eigenvalue weighted by Crippen LogP contribution is 2.15. The smallest absolute Gasteiger partial charge is 0.121 e. The lowest BCUT2D eigenvalue weighted by atomic mass is 10.1. The summed E-state index contributed by atoms with van der Waals surface area (Å²) >= 11 is 0. The molecule has 1 saturated heterocycles. The molecule has 0 aliphatic carbocycles. The first-order chi connectivity index (χ1) is 9.13. The van der Waals surface area contributed by atoms with Crippen LogP contribution >= 0.6 is 0 Å². The fourth-order valence-electron chi connectivity index (χ4n) is 2.25. The van der Waals surface area contributed by atoms with Crippen molar-refractivity contribution in [1.29, 1.82) is 0 Å². The van der Waals surface area contributed by atoms with Crippen molar-refractivity contribution in [1.82, 2.24) is 4.90 Å². The summed E-state index contributed by atoms with van der Waals surface area (Å²) in [6.07, 6.45) is 0.847. The normalized spacial score (nSPS) is 19.3. The molecule has 4 N–H and O–H groups in total. The lowest BCUT2D eigenvalue weighted by Crippen LogP contribution is -2.41. The van der Waals surface area contributed by atoms with Crippen molar-refractivity contribution in [2.75, 3.05) is 32.0 Å². The highest BCUT2D eigenvalue weighted by Gasteiger charge is 2.19. The fourth-order valence-corrected chi connectivity index (χ4v) is 2.25. The number of piperidine rings is 1. The Morgan fingerprint density at radius 2 is 2.11 bits per heavy atom. The standard InChI is InChI=1S/C14H22N2O3/c15-11-2-1-3-14(8-11)19-10-13(18)9-16-6-4-12(17)5-7-16/h1-3,8,12-13,17-18H,4-7,9-10,15H2. The zero-order chi connectivity index (χ0) is 13.7. The molecule has 0 amide bonds. The van der Waals surface area contributed by atoms with E-state index in [1.807, 2.05) is 12.1 Å². The molecule has 1 aliphatic heterocycles. The number of nitrogens with zero attached hydrogens (tertiary/aromatic N) is 1. The van der Waals surface area contributed by atoms with E-state index < -0.39 is 6.10 Å². The van der Waals surface area contributed by atoms with Gasteiger partial charge in [0.1, 0.15) is 18.5 Å². The van der Waals surface area contributed by atoms with Gasteiger partial charge >= 0.3 is 0 Å². The van der Waals surface area contributed by atoms with Crippen molar-refractivity contribution in [3.05, 3.63) is 24.3 Å². The van der Waals surface area contributed by atoms with E-state index >= 15 is 0 Å². The average Bonchev–Trinajstić information content (AvgIpc) is 2.39. The summed E-state index contributed by atoms with van der Waals surface area (Å²) in [6, 6.07) is 7.18. The van der Waals surface area contributed by atoms with Crippen molar-refractivity contribution in [3.8, 4) is 5.75 Å². The van der Waals surface area contributed by atoms with Crippen molar-refractivity contribution in [3.63, 3.8) is 0 Å². The van der Waals surface area contributed by atoms with Crippen LogP contribution in [0.4, 0.5) is 5.69 Å². The van der Waals surface area contributed by atoms with E-state index in [-0.39, 0.29) is 12.7 Å². The largest absolute Gasteiger partial charge is 0.491 e. The molecule has 1 unspecified atom stereocenters. The van der Waals surface area contributed by atoms with Crippen molar-refractivity contribution < 1.29 is 14.9 Å². The Morgan fingerprint density at radius 1 is 1.37 bits per heavy atom. The summed E-state index contributed by atoms with van der Waals surface area (Å²) in [5.41, 5.74) is 6.30. The number of hydrogen-bond acceptors (Lipinski definition) is 5. The summed E-state index contributed by atoms with van der Waals surface area (Å²) in [5, 5.41) is 19.4. The minimum absolute atomic E-state index is 0.183. The highest BCUT2D eigenvalue weighted by atomic mass is 16.5. The molecule has 5 heteroatoms. The van der Waals surface area contributed by atoms with E-state index in [0.29, 0.717) is 18.0 Å². The molecule has 1 aliphatic rings. The first-order valence-corrected chi connectivity index (χ1v) is 6.70. The lowest BCUT2D eigenvalue weighted by molar-refractivity contribution is 0.0338. The number of likely N-dealkylation sites (tertiary alicyclic amines) is 1. The van der Waals surface area contributed by atoms with Gasteiger partial charge < -0.3 is 25.6 Å². The second-order valence-corrected chi connectivity index (χ2v) is 5.07. The number of aliphatic hydroxyl groups excluding tert-OH is 2. The topological polar surface area (TPSA) is 79.0 Å². The highest BCUT2D eigenvalue weighted by molar-refractivity contribution is 5.43. The number of ether oxygens (including phenoxy) is 1. The maximum Gasteiger partial charge on any atom is 0.121 e. The molecular formula is C14H22N2O3. The number of aliphatic hydroxyl groups is 2. The van der Waals surface area contributed by atoms with Crippen molar-refractivity contribution in [2.45, 2.75) is 25.0 Å². The molecule has 0 aromatic heterocycles. The van der Waals surface area contributed by atoms with E-state index in [0.717, 1.165) is 25.9 Å². The van der Waals surface area contributed by atoms with Crippen molar-refractivity contribution >= 4 is 5.69 Å². The molecule has 1 aromatic rings. The van der Waals surface area contributed by atoms with Gasteiger partial charge in [-0.25, -0.2) is 0 Å². The Morgan fingerprint density at radius 3 is 2.79 bits per heavy atom. The minimum atomic E-state index is -0.531. The maximum atomic E-state index is 9.94. The van der Waals surface area contributed by atoms with Crippen molar-refractivity contribution in [2.24, 2.45) is 0 Å². The Kier molecular flexibility index (Phi) is 5.01. The third-order valence-corrected chi connectivity index (χ3v) is 3.33. The summed E-state index contributed by atoms with van der Waals surface area (Å²) in [6.45, 7) is 2.49. The predicted molar refractivity (Wildman–Crippen MR) is 74.0 cm³/mol. The van der Waals surface area contributed by atoms with Crippen LogP contribution in [0.15, 0.2) is 24.3 Å². The van der Waals surface area contributed by atoms with Gasteiger partial charge in [-0.1, -0.05) is 6.07 Å². The number of rotatable bonds is 5. The molecule has 106 valence electrons. The van der Waals surface area contributed by atoms with Gasteiger partial charge in [-0.05, 0) is 25.0 Å². The Hall–Kier alpha value is -1.30. The van der Waals surface area contributed by atoms with Crippen LogP contribution in [0.3, 0.4) is 0 Å². The first kappa shape index (κ1) is 14.1. The second-order valence-electron chi connectivity index (χ2n) is 5.07. The number of nitrogen functional groups attached to an aromatic ring is 1. The maximum absolute atomic E-state index is 9.94. The van der Waals surface area contributed by atoms with Crippen LogP contribution < -0.4 is 10.5 Å². The van der Waals surface area contributed by atoms with Gasteiger partial charge in [0.25, 0.3) is 0 Å². The van der Waals surface area contributed by atoms with Crippen LogP contribution in [0.25, 0.3) is 0 Å². The quantitative estimate of drug-likeness (QED) is 0.675. The van der Waals surface area contributed by atoms with Gasteiger partial charge in [-0.2, -0.15) is 0 Å². The molecule has 0 bridgehead atoms. The number of anilines is 1. The van der Waals surface area contributed by atoms with E-state index in [1.165, 1.54) is 0 Å². The van der Waals surface area contributed by atoms with E-state index in [1.54, 1.807) is 12.1 Å². The molecule has 1 fully saturated rings. The third kappa shape index (κ3) is 4.70.